The fourth-order valence-electron chi connectivity index (χ4n) is 2.69. The Morgan fingerprint density at radius 2 is 1.93 bits per heavy atom. The van der Waals surface area contributed by atoms with Gasteiger partial charge in [0.2, 0.25) is 5.91 Å². The molecule has 0 aliphatic heterocycles. The maximum absolute atomic E-state index is 12.2. The molecule has 3 rings (SSSR count). The Bertz CT molecular complexity index is 960. The number of nitrogens with one attached hydrogen (secondary N) is 1. The zero-order valence-corrected chi connectivity index (χ0v) is 18.8. The number of carbonyl (C=O) groups excluding carboxylic acids is 1. The van der Waals surface area contributed by atoms with Crippen LogP contribution in [-0.4, -0.2) is 26.4 Å². The highest BCUT2D eigenvalue weighted by molar-refractivity contribution is 7.99. The van der Waals surface area contributed by atoms with Crippen molar-refractivity contribution < 1.29 is 4.79 Å². The van der Waals surface area contributed by atoms with E-state index < -0.39 is 0 Å². The SMILES string of the molecule is CCn1c(CSCc2ccc(C)cc2)nnc1SCC(=O)Nc1cccc(Cl)c1. The molecule has 2 aromatic carbocycles. The molecule has 0 radical (unpaired) electrons. The summed E-state index contributed by atoms with van der Waals surface area (Å²) in [5.74, 6) is 2.81. The van der Waals surface area contributed by atoms with Crippen molar-refractivity contribution in [3.05, 3.63) is 70.5 Å². The first-order chi connectivity index (χ1) is 14.0. The lowest BCUT2D eigenvalue weighted by molar-refractivity contribution is -0.113. The molecule has 0 aliphatic rings. The number of carbonyl (C=O) groups is 1. The number of benzene rings is 2. The lowest BCUT2D eigenvalue weighted by Crippen LogP contribution is -2.14. The minimum atomic E-state index is -0.0989. The van der Waals surface area contributed by atoms with Crippen molar-refractivity contribution in [1.29, 1.82) is 0 Å². The Kier molecular flexibility index (Phi) is 8.03. The lowest BCUT2D eigenvalue weighted by atomic mass is 10.2. The van der Waals surface area contributed by atoms with Crippen LogP contribution in [-0.2, 0) is 22.8 Å². The van der Waals surface area contributed by atoms with E-state index in [9.17, 15) is 4.79 Å². The van der Waals surface area contributed by atoms with Gasteiger partial charge < -0.3 is 9.88 Å². The predicted octanol–water partition coefficient (Wildman–Crippen LogP) is 5.42. The van der Waals surface area contributed by atoms with Gasteiger partial charge in [-0.25, -0.2) is 0 Å². The highest BCUT2D eigenvalue weighted by Gasteiger charge is 2.13. The summed E-state index contributed by atoms with van der Waals surface area (Å²) in [4.78, 5) is 12.2. The second kappa shape index (κ2) is 10.7. The number of hydrogen-bond donors (Lipinski definition) is 1. The van der Waals surface area contributed by atoms with Gasteiger partial charge in [-0.15, -0.1) is 22.0 Å². The molecule has 5 nitrogen and oxygen atoms in total. The molecule has 29 heavy (non-hydrogen) atoms. The van der Waals surface area contributed by atoms with Crippen LogP contribution in [0.15, 0.2) is 53.7 Å². The summed E-state index contributed by atoms with van der Waals surface area (Å²) < 4.78 is 2.07. The van der Waals surface area contributed by atoms with Crippen molar-refractivity contribution in [3.63, 3.8) is 0 Å². The molecule has 3 aromatic rings. The molecule has 0 saturated heterocycles. The van der Waals surface area contributed by atoms with E-state index in [-0.39, 0.29) is 11.7 Å². The lowest BCUT2D eigenvalue weighted by Gasteiger charge is -2.08. The molecule has 0 saturated carbocycles. The summed E-state index contributed by atoms with van der Waals surface area (Å²) in [6, 6.07) is 15.7. The molecule has 0 aliphatic carbocycles. The van der Waals surface area contributed by atoms with Gasteiger partial charge in [0.15, 0.2) is 5.16 Å². The Morgan fingerprint density at radius 1 is 1.14 bits per heavy atom. The maximum atomic E-state index is 12.2. The Morgan fingerprint density at radius 3 is 2.66 bits per heavy atom. The second-order valence-corrected chi connectivity index (χ2v) is 8.83. The number of nitrogens with zero attached hydrogens (tertiary/aromatic N) is 3. The van der Waals surface area contributed by atoms with E-state index in [2.05, 4.69) is 58.2 Å². The summed E-state index contributed by atoms with van der Waals surface area (Å²) >= 11 is 9.15. The Hall–Kier alpha value is -1.96. The van der Waals surface area contributed by atoms with E-state index in [0.29, 0.717) is 10.7 Å². The van der Waals surface area contributed by atoms with Crippen LogP contribution in [0.1, 0.15) is 23.9 Å². The van der Waals surface area contributed by atoms with Gasteiger partial charge >= 0.3 is 0 Å². The van der Waals surface area contributed by atoms with Gasteiger partial charge in [-0.2, -0.15) is 0 Å². The normalized spacial score (nSPS) is 10.9. The molecule has 0 fully saturated rings. The predicted molar refractivity (Wildman–Crippen MR) is 123 cm³/mol. The van der Waals surface area contributed by atoms with Gasteiger partial charge in [-0.1, -0.05) is 59.3 Å². The standard InChI is InChI=1S/C21H23ClN4OS2/c1-3-26-19(13-28-12-16-9-7-15(2)8-10-16)24-25-21(26)29-14-20(27)23-18-6-4-5-17(22)11-18/h4-11H,3,12-14H2,1-2H3,(H,23,27). The number of rotatable bonds is 9. The van der Waals surface area contributed by atoms with Crippen LogP contribution in [0.2, 0.25) is 5.02 Å². The molecule has 1 N–H and O–H groups in total. The van der Waals surface area contributed by atoms with E-state index in [1.165, 1.54) is 22.9 Å². The van der Waals surface area contributed by atoms with Crippen molar-refractivity contribution >= 4 is 46.7 Å². The zero-order chi connectivity index (χ0) is 20.6. The third-order valence-corrected chi connectivity index (χ3v) is 6.37. The first kappa shape index (κ1) is 21.7. The van der Waals surface area contributed by atoms with E-state index in [1.807, 2.05) is 17.8 Å². The highest BCUT2D eigenvalue weighted by atomic mass is 35.5. The third kappa shape index (κ3) is 6.52. The van der Waals surface area contributed by atoms with Gasteiger partial charge in [0.25, 0.3) is 0 Å². The Labute approximate surface area is 184 Å². The number of aryl methyl sites for hydroxylation is 1. The van der Waals surface area contributed by atoms with Crippen LogP contribution in [0, 0.1) is 6.92 Å². The highest BCUT2D eigenvalue weighted by Crippen LogP contribution is 2.22. The van der Waals surface area contributed by atoms with Crippen LogP contribution >= 0.6 is 35.1 Å². The third-order valence-electron chi connectivity index (χ3n) is 4.17. The molecule has 0 atom stereocenters. The molecule has 1 amide bonds. The van der Waals surface area contributed by atoms with Crippen LogP contribution in [0.5, 0.6) is 0 Å². The second-order valence-electron chi connectivity index (χ2n) is 6.47. The minimum absolute atomic E-state index is 0.0989. The largest absolute Gasteiger partial charge is 0.325 e. The molecule has 1 aromatic heterocycles. The first-order valence-electron chi connectivity index (χ1n) is 9.28. The first-order valence-corrected chi connectivity index (χ1v) is 11.8. The number of aromatic nitrogens is 3. The monoisotopic (exact) mass is 446 g/mol. The zero-order valence-electron chi connectivity index (χ0n) is 16.4. The summed E-state index contributed by atoms with van der Waals surface area (Å²) in [6.07, 6.45) is 0. The number of hydrogen-bond acceptors (Lipinski definition) is 5. The maximum Gasteiger partial charge on any atom is 0.234 e. The van der Waals surface area contributed by atoms with Crippen molar-refractivity contribution in [2.24, 2.45) is 0 Å². The molecule has 0 bridgehead atoms. The van der Waals surface area contributed by atoms with Crippen molar-refractivity contribution in [1.82, 2.24) is 14.8 Å². The number of halogens is 1. The van der Waals surface area contributed by atoms with E-state index >= 15 is 0 Å². The van der Waals surface area contributed by atoms with Gasteiger partial charge in [0, 0.05) is 23.0 Å². The average Bonchev–Trinajstić information content (AvgIpc) is 3.10. The van der Waals surface area contributed by atoms with Gasteiger partial charge in [-0.05, 0) is 37.6 Å². The van der Waals surface area contributed by atoms with E-state index in [4.69, 9.17) is 11.6 Å². The quantitative estimate of drug-likeness (QED) is 0.444. The van der Waals surface area contributed by atoms with Crippen molar-refractivity contribution in [2.45, 2.75) is 37.1 Å². The summed E-state index contributed by atoms with van der Waals surface area (Å²) in [7, 11) is 0. The molecule has 152 valence electrons. The van der Waals surface area contributed by atoms with Crippen molar-refractivity contribution in [3.8, 4) is 0 Å². The molecule has 0 unspecified atom stereocenters. The minimum Gasteiger partial charge on any atom is -0.325 e. The number of anilines is 1. The van der Waals surface area contributed by atoms with Gasteiger partial charge in [0.1, 0.15) is 5.82 Å². The van der Waals surface area contributed by atoms with Crippen LogP contribution < -0.4 is 5.32 Å². The molecular formula is C21H23ClN4OS2. The topological polar surface area (TPSA) is 59.8 Å². The molecule has 1 heterocycles. The summed E-state index contributed by atoms with van der Waals surface area (Å²) in [6.45, 7) is 4.92. The van der Waals surface area contributed by atoms with Crippen LogP contribution in [0.4, 0.5) is 5.69 Å². The van der Waals surface area contributed by atoms with Gasteiger partial charge in [0.05, 0.1) is 11.5 Å². The van der Waals surface area contributed by atoms with E-state index in [0.717, 1.165) is 29.0 Å². The average molecular weight is 447 g/mol. The van der Waals surface area contributed by atoms with Crippen molar-refractivity contribution in [2.75, 3.05) is 11.1 Å². The summed E-state index contributed by atoms with van der Waals surface area (Å²) in [5.41, 5.74) is 3.26. The molecular weight excluding hydrogens is 424 g/mol. The fourth-order valence-corrected chi connectivity index (χ4v) is 4.63. The number of thioether (sulfide) groups is 2. The van der Waals surface area contributed by atoms with E-state index in [1.54, 1.807) is 18.2 Å². The summed E-state index contributed by atoms with van der Waals surface area (Å²) in [5, 5.41) is 12.8. The molecule has 0 spiro atoms. The Balaban J connectivity index is 1.51. The smallest absolute Gasteiger partial charge is 0.234 e. The molecule has 8 heteroatoms. The fraction of sp³-hybridized carbons (Fsp3) is 0.286. The van der Waals surface area contributed by atoms with Crippen LogP contribution in [0.3, 0.4) is 0 Å². The van der Waals surface area contributed by atoms with Gasteiger partial charge in [-0.3, -0.25) is 4.79 Å². The van der Waals surface area contributed by atoms with Crippen LogP contribution in [0.25, 0.3) is 0 Å². The number of amides is 1.